The van der Waals surface area contributed by atoms with Crippen molar-refractivity contribution >= 4 is 0 Å². The number of aliphatic hydroxyl groups excluding tert-OH is 1. The van der Waals surface area contributed by atoms with Crippen LogP contribution < -0.4 is 0 Å². The molecule has 0 unspecified atom stereocenters. The van der Waals surface area contributed by atoms with E-state index in [1.807, 2.05) is 27.7 Å². The smallest absolute Gasteiger partial charge is 0.0594 e. The molecule has 0 bridgehead atoms. The molecule has 0 aliphatic carbocycles. The van der Waals surface area contributed by atoms with Gasteiger partial charge < -0.3 is 9.84 Å². The Kier molecular flexibility index (Phi) is 17.9. The molecule has 0 spiro atoms. The van der Waals surface area contributed by atoms with E-state index in [9.17, 15) is 0 Å². The number of rotatable bonds is 3. The normalized spacial score (nSPS) is 16.1. The second-order valence-corrected chi connectivity index (χ2v) is 2.53. The van der Waals surface area contributed by atoms with Crippen LogP contribution in [0.25, 0.3) is 0 Å². The van der Waals surface area contributed by atoms with E-state index in [4.69, 9.17) is 9.84 Å². The summed E-state index contributed by atoms with van der Waals surface area (Å²) in [5, 5.41) is 8.54. The first-order chi connectivity index (χ1) is 6.93. The van der Waals surface area contributed by atoms with Crippen molar-refractivity contribution < 1.29 is 9.84 Å². The zero-order valence-corrected chi connectivity index (χ0v) is 10.3. The molecule has 1 N–H and O–H groups in total. The van der Waals surface area contributed by atoms with Crippen LogP contribution in [0.15, 0.2) is 0 Å². The lowest BCUT2D eigenvalue weighted by atomic mass is 10.3. The maximum absolute atomic E-state index is 8.54. The molecule has 1 fully saturated rings. The van der Waals surface area contributed by atoms with Crippen LogP contribution >= 0.6 is 0 Å². The molecule has 14 heavy (non-hydrogen) atoms. The number of ether oxygens (including phenoxy) is 1. The quantitative estimate of drug-likeness (QED) is 0.762. The number of morpholine rings is 1. The van der Waals surface area contributed by atoms with Crippen molar-refractivity contribution in [2.24, 2.45) is 0 Å². The largest absolute Gasteiger partial charge is 0.396 e. The van der Waals surface area contributed by atoms with Crippen LogP contribution in [-0.4, -0.2) is 49.5 Å². The minimum absolute atomic E-state index is 0.303. The fourth-order valence-corrected chi connectivity index (χ4v) is 1.12. The standard InChI is InChI=1S/C7H15NO2.2C2H6/c9-5-1-2-8-3-6-10-7-4-8;2*1-2/h9H,1-7H2;2*1-2H3. The van der Waals surface area contributed by atoms with Gasteiger partial charge in [0.2, 0.25) is 0 Å². The second kappa shape index (κ2) is 15.4. The lowest BCUT2D eigenvalue weighted by molar-refractivity contribution is 0.0353. The van der Waals surface area contributed by atoms with Crippen LogP contribution in [0.1, 0.15) is 34.1 Å². The van der Waals surface area contributed by atoms with Crippen molar-refractivity contribution in [3.63, 3.8) is 0 Å². The summed E-state index contributed by atoms with van der Waals surface area (Å²) in [7, 11) is 0. The average Bonchev–Trinajstić information content (AvgIpc) is 2.33. The number of hydrogen-bond acceptors (Lipinski definition) is 3. The Hall–Kier alpha value is -0.120. The first-order valence-electron chi connectivity index (χ1n) is 5.84. The molecule has 0 saturated carbocycles. The molecular formula is C11H27NO2. The summed E-state index contributed by atoms with van der Waals surface area (Å²) in [6, 6.07) is 0. The summed E-state index contributed by atoms with van der Waals surface area (Å²) in [4.78, 5) is 2.32. The van der Waals surface area contributed by atoms with Gasteiger partial charge in [-0.15, -0.1) is 0 Å². The van der Waals surface area contributed by atoms with Crippen molar-refractivity contribution in [3.8, 4) is 0 Å². The Morgan fingerprint density at radius 3 is 2.00 bits per heavy atom. The van der Waals surface area contributed by atoms with Crippen molar-refractivity contribution in [3.05, 3.63) is 0 Å². The molecule has 1 aliphatic heterocycles. The molecule has 1 saturated heterocycles. The van der Waals surface area contributed by atoms with Gasteiger partial charge in [0.05, 0.1) is 13.2 Å². The van der Waals surface area contributed by atoms with Crippen molar-refractivity contribution in [2.45, 2.75) is 34.1 Å². The summed E-state index contributed by atoms with van der Waals surface area (Å²) < 4.78 is 5.18. The Balaban J connectivity index is 0. The van der Waals surface area contributed by atoms with E-state index in [0.29, 0.717) is 6.61 Å². The highest BCUT2D eigenvalue weighted by atomic mass is 16.5. The SMILES string of the molecule is CC.CC.OCCCN1CCOCC1. The van der Waals surface area contributed by atoms with Crippen LogP contribution in [0.3, 0.4) is 0 Å². The highest BCUT2D eigenvalue weighted by Gasteiger charge is 2.08. The topological polar surface area (TPSA) is 32.7 Å². The monoisotopic (exact) mass is 205 g/mol. The summed E-state index contributed by atoms with van der Waals surface area (Å²) in [5.74, 6) is 0. The predicted molar refractivity (Wildman–Crippen MR) is 61.7 cm³/mol. The fourth-order valence-electron chi connectivity index (χ4n) is 1.12. The molecule has 3 heteroatoms. The molecule has 0 atom stereocenters. The Bertz CT molecular complexity index is 83.4. The Labute approximate surface area is 89.1 Å². The Morgan fingerprint density at radius 1 is 1.07 bits per heavy atom. The van der Waals surface area contributed by atoms with Crippen LogP contribution in [0.5, 0.6) is 0 Å². The van der Waals surface area contributed by atoms with Gasteiger partial charge in [-0.25, -0.2) is 0 Å². The van der Waals surface area contributed by atoms with Crippen molar-refractivity contribution in [1.82, 2.24) is 4.90 Å². The number of hydrogen-bond donors (Lipinski definition) is 1. The molecule has 0 aromatic rings. The summed E-state index contributed by atoms with van der Waals surface area (Å²) in [6.07, 6.45) is 0.889. The lowest BCUT2D eigenvalue weighted by Gasteiger charge is -2.25. The van der Waals surface area contributed by atoms with E-state index >= 15 is 0 Å². The van der Waals surface area contributed by atoms with Gasteiger partial charge in [0.15, 0.2) is 0 Å². The fraction of sp³-hybridized carbons (Fsp3) is 1.00. The van der Waals surface area contributed by atoms with Gasteiger partial charge in [0.25, 0.3) is 0 Å². The van der Waals surface area contributed by atoms with Crippen molar-refractivity contribution in [2.75, 3.05) is 39.5 Å². The van der Waals surface area contributed by atoms with Gasteiger partial charge in [-0.1, -0.05) is 27.7 Å². The second-order valence-electron chi connectivity index (χ2n) is 2.53. The van der Waals surface area contributed by atoms with Crippen LogP contribution in [0.2, 0.25) is 0 Å². The number of nitrogens with zero attached hydrogens (tertiary/aromatic N) is 1. The molecule has 1 rings (SSSR count). The zero-order valence-electron chi connectivity index (χ0n) is 10.3. The molecule has 0 amide bonds. The van der Waals surface area contributed by atoms with E-state index in [2.05, 4.69) is 4.90 Å². The van der Waals surface area contributed by atoms with Gasteiger partial charge >= 0.3 is 0 Å². The maximum atomic E-state index is 8.54. The van der Waals surface area contributed by atoms with E-state index in [1.54, 1.807) is 0 Å². The molecular weight excluding hydrogens is 178 g/mol. The molecule has 1 aliphatic rings. The zero-order chi connectivity index (χ0) is 11.2. The lowest BCUT2D eigenvalue weighted by Crippen LogP contribution is -2.37. The Morgan fingerprint density at radius 2 is 1.57 bits per heavy atom. The van der Waals surface area contributed by atoms with Crippen LogP contribution in [-0.2, 0) is 4.74 Å². The average molecular weight is 205 g/mol. The first-order valence-corrected chi connectivity index (χ1v) is 5.84. The third kappa shape index (κ3) is 9.96. The third-order valence-corrected chi connectivity index (χ3v) is 1.74. The van der Waals surface area contributed by atoms with Gasteiger partial charge in [-0.05, 0) is 6.42 Å². The van der Waals surface area contributed by atoms with E-state index in [-0.39, 0.29) is 0 Å². The highest BCUT2D eigenvalue weighted by molar-refractivity contribution is 4.60. The van der Waals surface area contributed by atoms with E-state index in [1.165, 1.54) is 0 Å². The molecule has 0 radical (unpaired) electrons. The van der Waals surface area contributed by atoms with Crippen LogP contribution in [0.4, 0.5) is 0 Å². The first kappa shape index (κ1) is 16.3. The minimum atomic E-state index is 0.303. The summed E-state index contributed by atoms with van der Waals surface area (Å²) >= 11 is 0. The van der Waals surface area contributed by atoms with Gasteiger partial charge in [0, 0.05) is 26.2 Å². The van der Waals surface area contributed by atoms with Crippen molar-refractivity contribution in [1.29, 1.82) is 0 Å². The van der Waals surface area contributed by atoms with Gasteiger partial charge in [-0.2, -0.15) is 0 Å². The number of aliphatic hydroxyl groups is 1. The molecule has 0 aromatic carbocycles. The summed E-state index contributed by atoms with van der Waals surface area (Å²) in [5.41, 5.74) is 0. The molecule has 88 valence electrons. The minimum Gasteiger partial charge on any atom is -0.396 e. The third-order valence-electron chi connectivity index (χ3n) is 1.74. The molecule has 3 nitrogen and oxygen atoms in total. The maximum Gasteiger partial charge on any atom is 0.0594 e. The summed E-state index contributed by atoms with van der Waals surface area (Å²) in [6.45, 7) is 13.1. The van der Waals surface area contributed by atoms with Gasteiger partial charge in [-0.3, -0.25) is 4.90 Å². The van der Waals surface area contributed by atoms with E-state index < -0.39 is 0 Å². The van der Waals surface area contributed by atoms with Crippen LogP contribution in [0, 0.1) is 0 Å². The highest BCUT2D eigenvalue weighted by Crippen LogP contribution is 1.96. The molecule has 0 aromatic heterocycles. The van der Waals surface area contributed by atoms with E-state index in [0.717, 1.165) is 39.3 Å². The predicted octanol–water partition coefficient (Wildman–Crippen LogP) is 1.75. The molecule has 1 heterocycles. The van der Waals surface area contributed by atoms with Gasteiger partial charge in [0.1, 0.15) is 0 Å².